The molecule has 0 amide bonds. The Kier molecular flexibility index (Phi) is 8.39. The molecule has 0 saturated carbocycles. The predicted octanol–water partition coefficient (Wildman–Crippen LogP) is 8.88. The molecule has 0 spiro atoms. The van der Waals surface area contributed by atoms with Crippen LogP contribution in [0.3, 0.4) is 0 Å². The highest BCUT2D eigenvalue weighted by molar-refractivity contribution is 8.00. The van der Waals surface area contributed by atoms with E-state index in [1.165, 1.54) is 0 Å². The van der Waals surface area contributed by atoms with Crippen molar-refractivity contribution in [3.8, 4) is 5.75 Å². The zero-order valence-electron chi connectivity index (χ0n) is 25.8. The molecule has 6 heteroatoms. The molecule has 1 heterocycles. The van der Waals surface area contributed by atoms with Gasteiger partial charge in [0.2, 0.25) is 0 Å². The molecule has 0 atom stereocenters. The topological polar surface area (TPSA) is 52.6 Å². The summed E-state index contributed by atoms with van der Waals surface area (Å²) in [6.07, 6.45) is 1.98. The molecule has 0 bridgehead atoms. The van der Waals surface area contributed by atoms with E-state index >= 15 is 9.13 Å². The SMILES string of the molecule is COc1ccc(C2=Cc3ccccc3C(=C(P(=O)(c3ccccc3)c3ccccc3)P(=O)(c3ccccc3)c3ccccc3)O2)cc1. The van der Waals surface area contributed by atoms with Crippen LogP contribution in [0.5, 0.6) is 5.75 Å². The number of ether oxygens (including phenoxy) is 2. The van der Waals surface area contributed by atoms with Crippen molar-refractivity contribution in [2.45, 2.75) is 0 Å². The molecular weight excluding hydrogens is 618 g/mol. The third-order valence-corrected chi connectivity index (χ3v) is 15.7. The summed E-state index contributed by atoms with van der Waals surface area (Å²) in [7, 11) is -6.17. The van der Waals surface area contributed by atoms with Crippen LogP contribution in [-0.2, 0) is 13.9 Å². The van der Waals surface area contributed by atoms with Gasteiger partial charge >= 0.3 is 0 Å². The predicted molar refractivity (Wildman–Crippen MR) is 195 cm³/mol. The third kappa shape index (κ3) is 5.51. The number of hydrogen-bond donors (Lipinski definition) is 0. The standard InChI is InChI=1S/C41H32O4P2/c1-44-33-28-26-31(27-29-33)39-30-32-16-14-15-25-38(32)40(45-39)41(46(42,34-17-6-2-7-18-34)35-19-8-3-9-20-35)47(43,36-21-10-4-11-22-36)37-23-12-5-13-24-37/h2-30H,1H3. The lowest BCUT2D eigenvalue weighted by atomic mass is 10.0. The minimum atomic E-state index is -3.90. The number of hydrogen-bond acceptors (Lipinski definition) is 4. The molecule has 7 rings (SSSR count). The van der Waals surface area contributed by atoms with Crippen LogP contribution in [0.25, 0.3) is 17.6 Å². The molecular formula is C41H32O4P2. The highest BCUT2D eigenvalue weighted by Crippen LogP contribution is 2.72. The smallest absolute Gasteiger partial charge is 0.178 e. The fraction of sp³-hybridized carbons (Fsp3) is 0.0244. The highest BCUT2D eigenvalue weighted by atomic mass is 31.2. The second-order valence-corrected chi connectivity index (χ2v) is 16.9. The van der Waals surface area contributed by atoms with Crippen molar-refractivity contribution in [1.29, 1.82) is 0 Å². The van der Waals surface area contributed by atoms with E-state index in [0.717, 1.165) is 22.4 Å². The maximum atomic E-state index is 16.6. The summed E-state index contributed by atoms with van der Waals surface area (Å²) in [6, 6.07) is 53.0. The molecule has 0 aliphatic carbocycles. The summed E-state index contributed by atoms with van der Waals surface area (Å²) in [6.45, 7) is 0. The Morgan fingerprint density at radius 1 is 0.511 bits per heavy atom. The highest BCUT2D eigenvalue weighted by Gasteiger charge is 2.48. The lowest BCUT2D eigenvalue weighted by Crippen LogP contribution is -2.25. The van der Waals surface area contributed by atoms with Crippen LogP contribution in [0.2, 0.25) is 0 Å². The minimum Gasteiger partial charge on any atom is -0.497 e. The van der Waals surface area contributed by atoms with Crippen LogP contribution >= 0.6 is 14.3 Å². The summed E-state index contributed by atoms with van der Waals surface area (Å²) in [5.41, 5.74) is 2.40. The van der Waals surface area contributed by atoms with Gasteiger partial charge < -0.3 is 18.6 Å². The molecule has 6 aromatic rings. The average molecular weight is 651 g/mol. The van der Waals surface area contributed by atoms with Crippen molar-refractivity contribution in [1.82, 2.24) is 0 Å². The van der Waals surface area contributed by atoms with Gasteiger partial charge in [-0.15, -0.1) is 0 Å². The van der Waals surface area contributed by atoms with Gasteiger partial charge in [-0.2, -0.15) is 0 Å². The molecule has 47 heavy (non-hydrogen) atoms. The molecule has 6 aromatic carbocycles. The zero-order chi connectivity index (χ0) is 32.3. The second-order valence-electron chi connectivity index (χ2n) is 11.1. The maximum Gasteiger partial charge on any atom is 0.178 e. The Labute approximate surface area is 275 Å². The van der Waals surface area contributed by atoms with Gasteiger partial charge in [-0.25, -0.2) is 0 Å². The molecule has 0 radical (unpaired) electrons. The van der Waals surface area contributed by atoms with E-state index in [-0.39, 0.29) is 5.06 Å². The summed E-state index contributed by atoms with van der Waals surface area (Å²) in [5, 5.41) is 2.56. The summed E-state index contributed by atoms with van der Waals surface area (Å²) >= 11 is 0. The molecule has 1 aliphatic heterocycles. The van der Waals surface area contributed by atoms with E-state index in [4.69, 9.17) is 9.47 Å². The normalized spacial score (nSPS) is 12.8. The Morgan fingerprint density at radius 2 is 0.915 bits per heavy atom. The van der Waals surface area contributed by atoms with Gasteiger partial charge in [0.1, 0.15) is 16.6 Å². The lowest BCUT2D eigenvalue weighted by molar-refractivity contribution is 0.414. The van der Waals surface area contributed by atoms with Crippen molar-refractivity contribution in [2.24, 2.45) is 0 Å². The Bertz CT molecular complexity index is 1990. The van der Waals surface area contributed by atoms with Gasteiger partial charge in [-0.1, -0.05) is 146 Å². The van der Waals surface area contributed by atoms with Crippen LogP contribution in [0.1, 0.15) is 16.7 Å². The van der Waals surface area contributed by atoms with E-state index in [0.29, 0.717) is 32.7 Å². The van der Waals surface area contributed by atoms with Gasteiger partial charge in [0, 0.05) is 32.3 Å². The number of fused-ring (bicyclic) bond motifs is 1. The first-order valence-corrected chi connectivity index (χ1v) is 18.8. The van der Waals surface area contributed by atoms with Crippen LogP contribution in [-0.4, -0.2) is 7.11 Å². The van der Waals surface area contributed by atoms with Gasteiger partial charge in [-0.05, 0) is 35.9 Å². The fourth-order valence-corrected chi connectivity index (χ4v) is 13.9. The van der Waals surface area contributed by atoms with E-state index in [9.17, 15) is 0 Å². The molecule has 0 unspecified atom stereocenters. The third-order valence-electron chi connectivity index (χ3n) is 8.36. The molecule has 0 aromatic heterocycles. The van der Waals surface area contributed by atoms with Crippen molar-refractivity contribution in [2.75, 3.05) is 7.11 Å². The first-order chi connectivity index (χ1) is 23.0. The van der Waals surface area contributed by atoms with Crippen molar-refractivity contribution in [3.63, 3.8) is 0 Å². The van der Waals surface area contributed by atoms with Crippen LogP contribution in [0.15, 0.2) is 175 Å². The maximum absolute atomic E-state index is 16.6. The van der Waals surface area contributed by atoms with Gasteiger partial charge in [0.05, 0.1) is 7.11 Å². The second kappa shape index (κ2) is 12.9. The molecule has 0 saturated heterocycles. The minimum absolute atomic E-state index is 0.270. The zero-order valence-corrected chi connectivity index (χ0v) is 27.6. The van der Waals surface area contributed by atoms with Crippen molar-refractivity contribution in [3.05, 3.63) is 192 Å². The van der Waals surface area contributed by atoms with Crippen molar-refractivity contribution < 1.29 is 18.6 Å². The van der Waals surface area contributed by atoms with E-state index < -0.39 is 14.3 Å². The fourth-order valence-electron chi connectivity index (χ4n) is 6.05. The van der Waals surface area contributed by atoms with Crippen LogP contribution in [0.4, 0.5) is 0 Å². The molecule has 4 nitrogen and oxygen atoms in total. The Balaban J connectivity index is 1.66. The first kappa shape index (κ1) is 30.5. The molecule has 230 valence electrons. The molecule has 0 fully saturated rings. The number of rotatable bonds is 8. The van der Waals surface area contributed by atoms with Crippen molar-refractivity contribution >= 4 is 53.1 Å². The molecule has 0 N–H and O–H groups in total. The van der Waals surface area contributed by atoms with E-state index in [1.54, 1.807) is 7.11 Å². The first-order valence-electron chi connectivity index (χ1n) is 15.3. The van der Waals surface area contributed by atoms with Gasteiger partial charge in [0.15, 0.2) is 20.0 Å². The lowest BCUT2D eigenvalue weighted by Gasteiger charge is -2.33. The number of benzene rings is 6. The summed E-state index contributed by atoms with van der Waals surface area (Å²) in [5.74, 6) is 1.61. The number of methoxy groups -OCH3 is 1. The van der Waals surface area contributed by atoms with Crippen LogP contribution in [0, 0.1) is 0 Å². The van der Waals surface area contributed by atoms with Crippen LogP contribution < -0.4 is 26.0 Å². The van der Waals surface area contributed by atoms with E-state index in [1.807, 2.05) is 176 Å². The van der Waals surface area contributed by atoms with E-state index in [2.05, 4.69) is 0 Å². The Morgan fingerprint density at radius 3 is 1.34 bits per heavy atom. The summed E-state index contributed by atoms with van der Waals surface area (Å²) in [4.78, 5) is 0. The van der Waals surface area contributed by atoms with Gasteiger partial charge in [0.25, 0.3) is 0 Å². The monoisotopic (exact) mass is 650 g/mol. The van der Waals surface area contributed by atoms with Gasteiger partial charge in [-0.3, -0.25) is 0 Å². The average Bonchev–Trinajstić information content (AvgIpc) is 3.16. The largest absolute Gasteiger partial charge is 0.497 e. The summed E-state index contributed by atoms with van der Waals surface area (Å²) < 4.78 is 45.6. The molecule has 1 aliphatic rings. The Hall–Kier alpha value is -5.14. The quantitative estimate of drug-likeness (QED) is 0.155.